The molecule has 1 saturated heterocycles. The van der Waals surface area contributed by atoms with Gasteiger partial charge in [-0.05, 0) is 19.1 Å². The molecule has 0 amide bonds. The third kappa shape index (κ3) is 1.85. The number of nitrogens with one attached hydrogen (secondary N) is 1. The molecule has 1 atom stereocenters. The monoisotopic (exact) mass is 195 g/mol. The van der Waals surface area contributed by atoms with Gasteiger partial charge in [-0.3, -0.25) is 0 Å². The molecule has 2 rings (SSSR count). The molecule has 1 unspecified atom stereocenters. The lowest BCUT2D eigenvalue weighted by atomic mass is 10.2. The quantitative estimate of drug-likeness (QED) is 0.725. The second kappa shape index (κ2) is 3.92. The van der Waals surface area contributed by atoms with E-state index in [1.807, 2.05) is 0 Å². The zero-order valence-electron chi connectivity index (χ0n) is 8.20. The highest BCUT2D eigenvalue weighted by atomic mass is 19.1. The average Bonchev–Trinajstić information content (AvgIpc) is 2.20. The molecule has 1 N–H and O–H groups in total. The number of nitrogens with zero attached hydrogens (tertiary/aromatic N) is 2. The summed E-state index contributed by atoms with van der Waals surface area (Å²) >= 11 is 0. The fourth-order valence-corrected chi connectivity index (χ4v) is 1.72. The van der Waals surface area contributed by atoms with E-state index in [1.54, 1.807) is 6.07 Å². The van der Waals surface area contributed by atoms with Crippen LogP contribution in [-0.4, -0.2) is 30.7 Å². The van der Waals surface area contributed by atoms with Crippen LogP contribution in [0.15, 0.2) is 18.3 Å². The van der Waals surface area contributed by atoms with Crippen LogP contribution in [0.25, 0.3) is 0 Å². The summed E-state index contributed by atoms with van der Waals surface area (Å²) in [7, 11) is 0. The van der Waals surface area contributed by atoms with Gasteiger partial charge < -0.3 is 10.2 Å². The van der Waals surface area contributed by atoms with Crippen molar-refractivity contribution >= 4 is 5.82 Å². The third-order valence-electron chi connectivity index (χ3n) is 2.51. The minimum atomic E-state index is -0.281. The number of halogens is 1. The molecule has 1 aliphatic heterocycles. The first kappa shape index (κ1) is 9.40. The van der Waals surface area contributed by atoms with Gasteiger partial charge in [-0.2, -0.15) is 0 Å². The first-order chi connectivity index (χ1) is 6.77. The van der Waals surface area contributed by atoms with E-state index < -0.39 is 0 Å². The van der Waals surface area contributed by atoms with Crippen molar-refractivity contribution in [1.82, 2.24) is 10.3 Å². The van der Waals surface area contributed by atoms with E-state index in [0.29, 0.717) is 6.04 Å². The van der Waals surface area contributed by atoms with Gasteiger partial charge in [0, 0.05) is 25.7 Å². The number of pyridine rings is 1. The highest BCUT2D eigenvalue weighted by Crippen LogP contribution is 2.14. The van der Waals surface area contributed by atoms with Gasteiger partial charge in [0.25, 0.3) is 0 Å². The Kier molecular flexibility index (Phi) is 2.63. The lowest BCUT2D eigenvalue weighted by molar-refractivity contribution is 0.496. The van der Waals surface area contributed by atoms with E-state index >= 15 is 0 Å². The van der Waals surface area contributed by atoms with E-state index in [-0.39, 0.29) is 5.82 Å². The summed E-state index contributed by atoms with van der Waals surface area (Å²) in [5, 5.41) is 3.30. The molecule has 1 aliphatic rings. The van der Waals surface area contributed by atoms with Gasteiger partial charge in [0.2, 0.25) is 0 Å². The zero-order valence-corrected chi connectivity index (χ0v) is 8.20. The predicted octanol–water partition coefficient (Wildman–Crippen LogP) is 1.02. The maximum absolute atomic E-state index is 12.7. The number of hydrogen-bond acceptors (Lipinski definition) is 3. The van der Waals surface area contributed by atoms with Crippen LogP contribution >= 0.6 is 0 Å². The maximum atomic E-state index is 12.7. The van der Waals surface area contributed by atoms with Gasteiger partial charge in [-0.15, -0.1) is 0 Å². The molecule has 0 radical (unpaired) electrons. The predicted molar refractivity (Wildman–Crippen MR) is 53.9 cm³/mol. The molecule has 1 aromatic rings. The smallest absolute Gasteiger partial charge is 0.141 e. The largest absolute Gasteiger partial charge is 0.351 e. The number of aromatic nitrogens is 1. The maximum Gasteiger partial charge on any atom is 0.141 e. The number of anilines is 1. The molecule has 0 spiro atoms. The van der Waals surface area contributed by atoms with Crippen molar-refractivity contribution in [3.05, 3.63) is 24.1 Å². The SMILES string of the molecule is CC1CNCCN1c1ccc(F)cn1. The van der Waals surface area contributed by atoms with Crippen molar-refractivity contribution in [2.75, 3.05) is 24.5 Å². The zero-order chi connectivity index (χ0) is 9.97. The van der Waals surface area contributed by atoms with Gasteiger partial charge >= 0.3 is 0 Å². The van der Waals surface area contributed by atoms with Crippen molar-refractivity contribution in [3.63, 3.8) is 0 Å². The number of rotatable bonds is 1. The molecule has 0 aliphatic carbocycles. The van der Waals surface area contributed by atoms with Gasteiger partial charge in [-0.25, -0.2) is 9.37 Å². The summed E-state index contributed by atoms with van der Waals surface area (Å²) in [6.45, 7) is 4.99. The van der Waals surface area contributed by atoms with Gasteiger partial charge in [0.05, 0.1) is 6.20 Å². The van der Waals surface area contributed by atoms with Crippen LogP contribution in [0.4, 0.5) is 10.2 Å². The van der Waals surface area contributed by atoms with Gasteiger partial charge in [0.15, 0.2) is 0 Å². The topological polar surface area (TPSA) is 28.2 Å². The molecular weight excluding hydrogens is 181 g/mol. The molecule has 0 aromatic carbocycles. The molecule has 1 fully saturated rings. The first-order valence-electron chi connectivity index (χ1n) is 4.86. The fourth-order valence-electron chi connectivity index (χ4n) is 1.72. The summed E-state index contributed by atoms with van der Waals surface area (Å²) in [6.07, 6.45) is 1.27. The lowest BCUT2D eigenvalue weighted by Crippen LogP contribution is -2.50. The summed E-state index contributed by atoms with van der Waals surface area (Å²) < 4.78 is 12.7. The molecule has 14 heavy (non-hydrogen) atoms. The Morgan fingerprint density at radius 2 is 2.43 bits per heavy atom. The summed E-state index contributed by atoms with van der Waals surface area (Å²) in [6, 6.07) is 3.61. The van der Waals surface area contributed by atoms with Crippen molar-refractivity contribution in [2.45, 2.75) is 13.0 Å². The normalized spacial score (nSPS) is 22.4. The standard InChI is InChI=1S/C10H14FN3/c1-8-6-12-4-5-14(8)10-3-2-9(11)7-13-10/h2-3,7-8,12H,4-6H2,1H3. The van der Waals surface area contributed by atoms with Crippen LogP contribution in [0.2, 0.25) is 0 Å². The van der Waals surface area contributed by atoms with Crippen LogP contribution < -0.4 is 10.2 Å². The minimum Gasteiger partial charge on any atom is -0.351 e. The summed E-state index contributed by atoms with van der Waals surface area (Å²) in [5.74, 6) is 0.580. The van der Waals surface area contributed by atoms with Crippen molar-refractivity contribution < 1.29 is 4.39 Å². The third-order valence-corrected chi connectivity index (χ3v) is 2.51. The van der Waals surface area contributed by atoms with Crippen molar-refractivity contribution in [1.29, 1.82) is 0 Å². The van der Waals surface area contributed by atoms with E-state index in [9.17, 15) is 4.39 Å². The molecule has 0 saturated carbocycles. The second-order valence-corrected chi connectivity index (χ2v) is 3.58. The minimum absolute atomic E-state index is 0.281. The molecular formula is C10H14FN3. The van der Waals surface area contributed by atoms with Gasteiger partial charge in [0.1, 0.15) is 11.6 Å². The Morgan fingerprint density at radius 1 is 1.57 bits per heavy atom. The van der Waals surface area contributed by atoms with Crippen LogP contribution in [0.3, 0.4) is 0 Å². The van der Waals surface area contributed by atoms with Crippen LogP contribution in [-0.2, 0) is 0 Å². The molecule has 0 bridgehead atoms. The second-order valence-electron chi connectivity index (χ2n) is 3.58. The van der Waals surface area contributed by atoms with E-state index in [0.717, 1.165) is 25.5 Å². The molecule has 76 valence electrons. The van der Waals surface area contributed by atoms with E-state index in [1.165, 1.54) is 12.3 Å². The molecule has 4 heteroatoms. The van der Waals surface area contributed by atoms with E-state index in [4.69, 9.17) is 0 Å². The van der Waals surface area contributed by atoms with Crippen LogP contribution in [0, 0.1) is 5.82 Å². The number of hydrogen-bond donors (Lipinski definition) is 1. The van der Waals surface area contributed by atoms with Crippen LogP contribution in [0.1, 0.15) is 6.92 Å². The Morgan fingerprint density at radius 3 is 3.07 bits per heavy atom. The van der Waals surface area contributed by atoms with E-state index in [2.05, 4.69) is 22.1 Å². The number of piperazine rings is 1. The average molecular weight is 195 g/mol. The summed E-state index contributed by atoms with van der Waals surface area (Å²) in [5.41, 5.74) is 0. The molecule has 1 aromatic heterocycles. The molecule has 3 nitrogen and oxygen atoms in total. The molecule has 2 heterocycles. The summed E-state index contributed by atoms with van der Waals surface area (Å²) in [4.78, 5) is 6.27. The Hall–Kier alpha value is -1.16. The first-order valence-corrected chi connectivity index (χ1v) is 4.86. The van der Waals surface area contributed by atoms with Crippen molar-refractivity contribution in [2.24, 2.45) is 0 Å². The highest BCUT2D eigenvalue weighted by molar-refractivity contribution is 5.39. The van der Waals surface area contributed by atoms with Crippen molar-refractivity contribution in [3.8, 4) is 0 Å². The Labute approximate surface area is 82.9 Å². The highest BCUT2D eigenvalue weighted by Gasteiger charge is 2.18. The van der Waals surface area contributed by atoms with Gasteiger partial charge in [-0.1, -0.05) is 0 Å². The lowest BCUT2D eigenvalue weighted by Gasteiger charge is -2.34. The van der Waals surface area contributed by atoms with Crippen LogP contribution in [0.5, 0.6) is 0 Å². The fraction of sp³-hybridized carbons (Fsp3) is 0.500. The Balaban J connectivity index is 2.16. The Bertz CT molecular complexity index is 299.